The van der Waals surface area contributed by atoms with Crippen LogP contribution in [0.5, 0.6) is 0 Å². The zero-order valence-electron chi connectivity index (χ0n) is 15.2. The van der Waals surface area contributed by atoms with E-state index in [1.54, 1.807) is 6.08 Å². The highest BCUT2D eigenvalue weighted by Crippen LogP contribution is 2.26. The molecular formula is C21H22N4O. The third-order valence-electron chi connectivity index (χ3n) is 5.04. The number of piperidine rings is 1. The maximum atomic E-state index is 9.60. The van der Waals surface area contributed by atoms with E-state index < -0.39 is 0 Å². The molecule has 3 heterocycles. The normalized spacial score (nSPS) is 15.4. The second-order valence-electron chi connectivity index (χ2n) is 6.93. The van der Waals surface area contributed by atoms with Crippen LogP contribution in [0.25, 0.3) is 22.7 Å². The minimum absolute atomic E-state index is 0.469. The smallest absolute Gasteiger partial charge is 0.196 e. The molecule has 0 aliphatic carbocycles. The number of nitrogens with one attached hydrogen (secondary N) is 1. The molecule has 0 unspecified atom stereocenters. The average molecular weight is 346 g/mol. The van der Waals surface area contributed by atoms with Gasteiger partial charge in [-0.25, -0.2) is 4.98 Å². The third kappa shape index (κ3) is 3.11. The second-order valence-corrected chi connectivity index (χ2v) is 6.93. The predicted octanol–water partition coefficient (Wildman–Crippen LogP) is 4.83. The number of furan rings is 1. The highest BCUT2D eigenvalue weighted by atomic mass is 16.4. The quantitative estimate of drug-likeness (QED) is 0.690. The van der Waals surface area contributed by atoms with Crippen LogP contribution in [-0.4, -0.2) is 23.1 Å². The highest BCUT2D eigenvalue weighted by molar-refractivity contribution is 5.90. The van der Waals surface area contributed by atoms with Gasteiger partial charge in [0.15, 0.2) is 5.88 Å². The fourth-order valence-corrected chi connectivity index (χ4v) is 3.40. The Hall–Kier alpha value is -3.00. The van der Waals surface area contributed by atoms with Crippen LogP contribution in [0.2, 0.25) is 0 Å². The number of aryl methyl sites for hydroxylation is 2. The average Bonchev–Trinajstić information content (AvgIpc) is 3.28. The summed E-state index contributed by atoms with van der Waals surface area (Å²) in [4.78, 5) is 10.1. The Morgan fingerprint density at radius 1 is 1.19 bits per heavy atom. The van der Waals surface area contributed by atoms with Gasteiger partial charge in [-0.15, -0.1) is 0 Å². The monoisotopic (exact) mass is 346 g/mol. The van der Waals surface area contributed by atoms with Crippen LogP contribution in [-0.2, 0) is 0 Å². The van der Waals surface area contributed by atoms with Crippen molar-refractivity contribution in [1.82, 2.24) is 9.97 Å². The van der Waals surface area contributed by atoms with Gasteiger partial charge in [0.1, 0.15) is 17.7 Å². The topological polar surface area (TPSA) is 68.8 Å². The van der Waals surface area contributed by atoms with Crippen molar-refractivity contribution in [2.75, 3.05) is 18.0 Å². The van der Waals surface area contributed by atoms with Gasteiger partial charge in [0.25, 0.3) is 0 Å². The first-order chi connectivity index (χ1) is 12.6. The van der Waals surface area contributed by atoms with Gasteiger partial charge in [-0.2, -0.15) is 5.26 Å². The number of fused-ring (bicyclic) bond motifs is 1. The molecule has 1 aliphatic rings. The van der Waals surface area contributed by atoms with Crippen molar-refractivity contribution in [3.63, 3.8) is 0 Å². The van der Waals surface area contributed by atoms with Gasteiger partial charge in [-0.05, 0) is 62.4 Å². The summed E-state index contributed by atoms with van der Waals surface area (Å²) < 4.78 is 5.95. The number of hydrogen-bond donors (Lipinski definition) is 1. The first-order valence-electron chi connectivity index (χ1n) is 9.08. The number of anilines is 1. The fraction of sp³-hybridized carbons (Fsp3) is 0.333. The Morgan fingerprint density at radius 2 is 1.96 bits per heavy atom. The lowest BCUT2D eigenvalue weighted by Gasteiger charge is -2.25. The van der Waals surface area contributed by atoms with Crippen molar-refractivity contribution in [3.05, 3.63) is 47.0 Å². The van der Waals surface area contributed by atoms with E-state index in [-0.39, 0.29) is 0 Å². The molecule has 4 rings (SSSR count). The maximum absolute atomic E-state index is 9.60. The van der Waals surface area contributed by atoms with Gasteiger partial charge in [-0.1, -0.05) is 0 Å². The van der Waals surface area contributed by atoms with E-state index in [0.717, 1.165) is 30.0 Å². The summed E-state index contributed by atoms with van der Waals surface area (Å²) >= 11 is 0. The number of H-pyrrole nitrogens is 1. The summed E-state index contributed by atoms with van der Waals surface area (Å²) in [5.41, 5.74) is 4.68. The number of nitriles is 1. The molecule has 1 aromatic carbocycles. The van der Waals surface area contributed by atoms with Crippen LogP contribution in [0.3, 0.4) is 0 Å². The lowest BCUT2D eigenvalue weighted by Crippen LogP contribution is -2.28. The number of benzene rings is 1. The van der Waals surface area contributed by atoms with Gasteiger partial charge < -0.3 is 14.3 Å². The molecule has 0 atom stereocenters. The first kappa shape index (κ1) is 16.5. The van der Waals surface area contributed by atoms with Gasteiger partial charge in [0, 0.05) is 25.2 Å². The van der Waals surface area contributed by atoms with E-state index in [0.29, 0.717) is 17.2 Å². The molecule has 2 aromatic heterocycles. The molecule has 0 bridgehead atoms. The van der Waals surface area contributed by atoms with Gasteiger partial charge in [0.05, 0.1) is 16.6 Å². The Morgan fingerprint density at radius 3 is 2.73 bits per heavy atom. The van der Waals surface area contributed by atoms with E-state index in [1.165, 1.54) is 30.4 Å². The molecule has 5 nitrogen and oxygen atoms in total. The standard InChI is InChI=1S/C21H22N4O/c1-14-10-18-19(11-15(14)2)24-21(23-18)16(13-22)12-17-6-7-20(26-17)25-8-4-3-5-9-25/h6-7,10-12H,3-5,8-9H2,1-2H3,(H,23,24)/b16-12-. The SMILES string of the molecule is Cc1cc2nc(/C(C#N)=C\c3ccc(N4CCCCC4)o3)[nH]c2cc1C. The van der Waals surface area contributed by atoms with Crippen LogP contribution in [0.15, 0.2) is 28.7 Å². The van der Waals surface area contributed by atoms with E-state index >= 15 is 0 Å². The molecule has 0 radical (unpaired) electrons. The molecule has 3 aromatic rings. The second kappa shape index (κ2) is 6.72. The van der Waals surface area contributed by atoms with E-state index in [1.807, 2.05) is 18.2 Å². The minimum Gasteiger partial charge on any atom is -0.441 e. The van der Waals surface area contributed by atoms with Gasteiger partial charge in [0.2, 0.25) is 0 Å². The summed E-state index contributed by atoms with van der Waals surface area (Å²) in [5.74, 6) is 2.13. The highest BCUT2D eigenvalue weighted by Gasteiger charge is 2.15. The number of hydrogen-bond acceptors (Lipinski definition) is 4. The number of nitrogens with zero attached hydrogens (tertiary/aromatic N) is 3. The molecule has 1 aliphatic heterocycles. The molecule has 1 N–H and O–H groups in total. The van der Waals surface area contributed by atoms with E-state index in [9.17, 15) is 5.26 Å². The van der Waals surface area contributed by atoms with E-state index in [4.69, 9.17) is 4.42 Å². The van der Waals surface area contributed by atoms with Crippen LogP contribution in [0, 0.1) is 25.2 Å². The fourth-order valence-electron chi connectivity index (χ4n) is 3.40. The largest absolute Gasteiger partial charge is 0.441 e. The summed E-state index contributed by atoms with van der Waals surface area (Å²) in [7, 11) is 0. The van der Waals surface area contributed by atoms with Crippen molar-refractivity contribution in [1.29, 1.82) is 5.26 Å². The molecule has 1 saturated heterocycles. The summed E-state index contributed by atoms with van der Waals surface area (Å²) in [5, 5.41) is 9.60. The Balaban J connectivity index is 1.65. The van der Waals surface area contributed by atoms with Crippen LogP contribution >= 0.6 is 0 Å². The maximum Gasteiger partial charge on any atom is 0.196 e. The zero-order valence-corrected chi connectivity index (χ0v) is 15.2. The summed E-state index contributed by atoms with van der Waals surface area (Å²) in [6, 6.07) is 10.2. The number of aromatic amines is 1. The first-order valence-corrected chi connectivity index (χ1v) is 9.08. The number of imidazole rings is 1. The third-order valence-corrected chi connectivity index (χ3v) is 5.04. The van der Waals surface area contributed by atoms with Crippen molar-refractivity contribution >= 4 is 28.6 Å². The van der Waals surface area contributed by atoms with Crippen LogP contribution < -0.4 is 4.90 Å². The van der Waals surface area contributed by atoms with Crippen molar-refractivity contribution < 1.29 is 4.42 Å². The lowest BCUT2D eigenvalue weighted by atomic mass is 10.1. The lowest BCUT2D eigenvalue weighted by molar-refractivity contribution is 0.496. The number of aromatic nitrogens is 2. The van der Waals surface area contributed by atoms with Gasteiger partial charge >= 0.3 is 0 Å². The van der Waals surface area contributed by atoms with Gasteiger partial charge in [-0.3, -0.25) is 0 Å². The Kier molecular flexibility index (Phi) is 4.26. The summed E-state index contributed by atoms with van der Waals surface area (Å²) in [6.07, 6.45) is 5.44. The number of rotatable bonds is 3. The van der Waals surface area contributed by atoms with Crippen molar-refractivity contribution in [3.8, 4) is 6.07 Å². The molecular weight excluding hydrogens is 324 g/mol. The van der Waals surface area contributed by atoms with Crippen molar-refractivity contribution in [2.45, 2.75) is 33.1 Å². The molecule has 1 fully saturated rings. The number of allylic oxidation sites excluding steroid dienone is 1. The molecule has 0 amide bonds. The predicted molar refractivity (Wildman–Crippen MR) is 104 cm³/mol. The minimum atomic E-state index is 0.469. The molecule has 132 valence electrons. The summed E-state index contributed by atoms with van der Waals surface area (Å²) in [6.45, 7) is 6.20. The van der Waals surface area contributed by atoms with Crippen molar-refractivity contribution in [2.24, 2.45) is 0 Å². The Labute approximate surface area is 152 Å². The molecule has 0 saturated carbocycles. The zero-order chi connectivity index (χ0) is 18.1. The van der Waals surface area contributed by atoms with Crippen LogP contribution in [0.1, 0.15) is 42.0 Å². The van der Waals surface area contributed by atoms with E-state index in [2.05, 4.69) is 40.9 Å². The Bertz CT molecular complexity index is 973. The molecule has 26 heavy (non-hydrogen) atoms. The van der Waals surface area contributed by atoms with Crippen LogP contribution in [0.4, 0.5) is 5.88 Å². The molecule has 0 spiro atoms. The molecule has 5 heteroatoms.